The van der Waals surface area contributed by atoms with Crippen LogP contribution in [0.1, 0.15) is 12.8 Å². The summed E-state index contributed by atoms with van der Waals surface area (Å²) in [4.78, 5) is 0. The van der Waals surface area contributed by atoms with Crippen LogP contribution < -0.4 is 10.0 Å². The van der Waals surface area contributed by atoms with Gasteiger partial charge < -0.3 is 5.32 Å². The summed E-state index contributed by atoms with van der Waals surface area (Å²) in [6.45, 7) is 0.786. The number of hydrogen-bond donors (Lipinski definition) is 2. The zero-order valence-electron chi connectivity index (χ0n) is 9.92. The zero-order chi connectivity index (χ0) is 14.0. The zero-order valence-corrected chi connectivity index (χ0v) is 12.3. The molecule has 4 nitrogen and oxygen atoms in total. The fraction of sp³-hybridized carbons (Fsp3) is 0.455. The molecule has 1 aliphatic heterocycles. The maximum Gasteiger partial charge on any atom is 0.234 e. The van der Waals surface area contributed by atoms with Gasteiger partial charge in [0.1, 0.15) is 5.82 Å². The van der Waals surface area contributed by atoms with Crippen molar-refractivity contribution in [1.29, 1.82) is 0 Å². The molecule has 0 amide bonds. The van der Waals surface area contributed by atoms with E-state index in [1.165, 1.54) is 0 Å². The van der Waals surface area contributed by atoms with Gasteiger partial charge in [0.25, 0.3) is 0 Å². The van der Waals surface area contributed by atoms with E-state index in [9.17, 15) is 17.2 Å². The standard InChI is InChI=1S/C11H13BrF2N2O2S/c12-9-4-7(13)5-10(14)11(9)16-19(17,18)6-8-2-1-3-15-8/h4-5,8,15-16H,1-3,6H2. The fourth-order valence-electron chi connectivity index (χ4n) is 2.00. The molecule has 0 aliphatic carbocycles. The molecule has 1 heterocycles. The van der Waals surface area contributed by atoms with Crippen molar-refractivity contribution in [3.05, 3.63) is 28.2 Å². The molecule has 1 fully saturated rings. The predicted octanol–water partition coefficient (Wildman–Crippen LogP) is 2.22. The monoisotopic (exact) mass is 354 g/mol. The molecule has 2 rings (SSSR count). The summed E-state index contributed by atoms with van der Waals surface area (Å²) in [6.07, 6.45) is 1.70. The molecule has 0 spiro atoms. The van der Waals surface area contributed by atoms with Gasteiger partial charge in [-0.1, -0.05) is 0 Å². The molecule has 0 saturated carbocycles. The van der Waals surface area contributed by atoms with Gasteiger partial charge >= 0.3 is 0 Å². The maximum atomic E-state index is 13.5. The third-order valence-electron chi connectivity index (χ3n) is 2.85. The molecule has 1 aromatic carbocycles. The summed E-state index contributed by atoms with van der Waals surface area (Å²) < 4.78 is 52.5. The number of halogens is 3. The van der Waals surface area contributed by atoms with Crippen LogP contribution in [0.5, 0.6) is 0 Å². The van der Waals surface area contributed by atoms with Gasteiger partial charge in [-0.2, -0.15) is 0 Å². The maximum absolute atomic E-state index is 13.5. The van der Waals surface area contributed by atoms with Crippen LogP contribution in [-0.2, 0) is 10.0 Å². The Morgan fingerprint density at radius 1 is 1.42 bits per heavy atom. The van der Waals surface area contributed by atoms with Gasteiger partial charge in [0.05, 0.1) is 11.4 Å². The van der Waals surface area contributed by atoms with Crippen LogP contribution in [0.3, 0.4) is 0 Å². The van der Waals surface area contributed by atoms with Crippen molar-refractivity contribution in [1.82, 2.24) is 5.32 Å². The molecule has 106 valence electrons. The summed E-state index contributed by atoms with van der Waals surface area (Å²) in [6, 6.07) is 1.52. The summed E-state index contributed by atoms with van der Waals surface area (Å²) >= 11 is 2.94. The lowest BCUT2D eigenvalue weighted by atomic mass is 10.3. The Hall–Kier alpha value is -0.730. The van der Waals surface area contributed by atoms with Gasteiger partial charge in [-0.15, -0.1) is 0 Å². The highest BCUT2D eigenvalue weighted by Crippen LogP contribution is 2.28. The van der Waals surface area contributed by atoms with Crippen LogP contribution in [0.25, 0.3) is 0 Å². The van der Waals surface area contributed by atoms with Crippen molar-refractivity contribution in [2.45, 2.75) is 18.9 Å². The van der Waals surface area contributed by atoms with Gasteiger partial charge in [0.2, 0.25) is 10.0 Å². The number of benzene rings is 1. The molecule has 0 bridgehead atoms. The number of hydrogen-bond acceptors (Lipinski definition) is 3. The topological polar surface area (TPSA) is 58.2 Å². The number of anilines is 1. The Labute approximate surface area is 118 Å². The smallest absolute Gasteiger partial charge is 0.234 e. The molecule has 2 N–H and O–H groups in total. The average Bonchev–Trinajstić information content (AvgIpc) is 2.75. The molecule has 0 radical (unpaired) electrons. The highest BCUT2D eigenvalue weighted by Gasteiger charge is 2.23. The highest BCUT2D eigenvalue weighted by atomic mass is 79.9. The van der Waals surface area contributed by atoms with Gasteiger partial charge in [0.15, 0.2) is 5.82 Å². The van der Waals surface area contributed by atoms with Gasteiger partial charge in [-0.25, -0.2) is 17.2 Å². The average molecular weight is 355 g/mol. The normalized spacial score (nSPS) is 19.6. The second-order valence-electron chi connectivity index (χ2n) is 4.42. The van der Waals surface area contributed by atoms with E-state index >= 15 is 0 Å². The lowest BCUT2D eigenvalue weighted by molar-refractivity contribution is 0.575. The number of nitrogens with one attached hydrogen (secondary N) is 2. The molecule has 1 unspecified atom stereocenters. The van der Waals surface area contributed by atoms with Crippen LogP contribution >= 0.6 is 15.9 Å². The van der Waals surface area contributed by atoms with Crippen molar-refractivity contribution >= 4 is 31.6 Å². The minimum atomic E-state index is -3.68. The van der Waals surface area contributed by atoms with E-state index in [4.69, 9.17) is 0 Å². The van der Waals surface area contributed by atoms with Crippen molar-refractivity contribution < 1.29 is 17.2 Å². The van der Waals surface area contributed by atoms with Crippen molar-refractivity contribution in [3.63, 3.8) is 0 Å². The van der Waals surface area contributed by atoms with Crippen LogP contribution in [0.2, 0.25) is 0 Å². The highest BCUT2D eigenvalue weighted by molar-refractivity contribution is 9.10. The molecule has 1 atom stereocenters. The minimum Gasteiger partial charge on any atom is -0.313 e. The van der Waals surface area contributed by atoms with E-state index in [2.05, 4.69) is 26.0 Å². The first-order valence-corrected chi connectivity index (χ1v) is 8.20. The first-order valence-electron chi connectivity index (χ1n) is 5.76. The first kappa shape index (κ1) is 14.7. The SMILES string of the molecule is O=S(=O)(CC1CCCN1)Nc1c(F)cc(F)cc1Br. The lowest BCUT2D eigenvalue weighted by Crippen LogP contribution is -2.33. The largest absolute Gasteiger partial charge is 0.313 e. The van der Waals surface area contributed by atoms with Crippen molar-refractivity contribution in [2.24, 2.45) is 0 Å². The quantitative estimate of drug-likeness (QED) is 0.871. The van der Waals surface area contributed by atoms with Gasteiger partial charge in [-0.3, -0.25) is 4.72 Å². The van der Waals surface area contributed by atoms with Crippen molar-refractivity contribution in [2.75, 3.05) is 17.0 Å². The van der Waals surface area contributed by atoms with Crippen LogP contribution in [0.15, 0.2) is 16.6 Å². The molecule has 1 aromatic rings. The van der Waals surface area contributed by atoms with Gasteiger partial charge in [0, 0.05) is 16.6 Å². The van der Waals surface area contributed by atoms with E-state index < -0.39 is 21.7 Å². The van der Waals surface area contributed by atoms with Crippen LogP contribution in [0, 0.1) is 11.6 Å². The molecular weight excluding hydrogens is 342 g/mol. The molecule has 19 heavy (non-hydrogen) atoms. The van der Waals surface area contributed by atoms with Crippen LogP contribution in [0.4, 0.5) is 14.5 Å². The molecule has 1 aliphatic rings. The third kappa shape index (κ3) is 3.87. The molecule has 1 saturated heterocycles. The molecule has 8 heteroatoms. The Morgan fingerprint density at radius 3 is 2.74 bits per heavy atom. The first-order chi connectivity index (χ1) is 8.87. The lowest BCUT2D eigenvalue weighted by Gasteiger charge is -2.14. The van der Waals surface area contributed by atoms with E-state index in [-0.39, 0.29) is 22.0 Å². The van der Waals surface area contributed by atoms with E-state index in [1.54, 1.807) is 0 Å². The Bertz CT molecular complexity index is 551. The Kier molecular flexibility index (Phi) is 4.42. The molecular formula is C11H13BrF2N2O2S. The Balaban J connectivity index is 2.15. The summed E-state index contributed by atoms with van der Waals surface area (Å²) in [7, 11) is -3.68. The predicted molar refractivity (Wildman–Crippen MR) is 72.5 cm³/mol. The summed E-state index contributed by atoms with van der Waals surface area (Å²) in [5.74, 6) is -1.85. The summed E-state index contributed by atoms with van der Waals surface area (Å²) in [5, 5.41) is 3.05. The van der Waals surface area contributed by atoms with Gasteiger partial charge in [-0.05, 0) is 41.4 Å². The Morgan fingerprint density at radius 2 is 2.16 bits per heavy atom. The second-order valence-corrected chi connectivity index (χ2v) is 7.04. The van der Waals surface area contributed by atoms with E-state index in [0.717, 1.165) is 25.5 Å². The summed E-state index contributed by atoms with van der Waals surface area (Å²) in [5.41, 5.74) is -0.264. The number of rotatable bonds is 4. The van der Waals surface area contributed by atoms with E-state index in [1.807, 2.05) is 0 Å². The molecule has 0 aromatic heterocycles. The van der Waals surface area contributed by atoms with Crippen LogP contribution in [-0.4, -0.2) is 26.8 Å². The second kappa shape index (κ2) is 5.72. The fourth-order valence-corrected chi connectivity index (χ4v) is 4.06. The third-order valence-corrected chi connectivity index (χ3v) is 4.83. The number of sulfonamides is 1. The van der Waals surface area contributed by atoms with Crippen molar-refractivity contribution in [3.8, 4) is 0 Å². The van der Waals surface area contributed by atoms with E-state index in [0.29, 0.717) is 6.07 Å². The minimum absolute atomic E-state index is 0.0351.